The van der Waals surface area contributed by atoms with E-state index in [0.29, 0.717) is 11.8 Å². The Morgan fingerprint density at radius 1 is 1.13 bits per heavy atom. The summed E-state index contributed by atoms with van der Waals surface area (Å²) in [7, 11) is 0. The van der Waals surface area contributed by atoms with Gasteiger partial charge in [-0.1, -0.05) is 37.6 Å². The highest BCUT2D eigenvalue weighted by molar-refractivity contribution is 6.30. The van der Waals surface area contributed by atoms with Gasteiger partial charge in [0.2, 0.25) is 0 Å². The lowest BCUT2D eigenvalue weighted by Gasteiger charge is -2.24. The Morgan fingerprint density at radius 3 is 2.07 bits per heavy atom. The van der Waals surface area contributed by atoms with E-state index >= 15 is 0 Å². The Bertz CT molecular complexity index is 282. The van der Waals surface area contributed by atoms with Crippen molar-refractivity contribution in [2.24, 2.45) is 17.6 Å². The van der Waals surface area contributed by atoms with Crippen LogP contribution < -0.4 is 5.73 Å². The maximum absolute atomic E-state index is 5.99. The van der Waals surface area contributed by atoms with Gasteiger partial charge in [0.25, 0.3) is 0 Å². The van der Waals surface area contributed by atoms with Crippen LogP contribution in [0.4, 0.5) is 0 Å². The maximum atomic E-state index is 5.99. The van der Waals surface area contributed by atoms with E-state index in [1.807, 2.05) is 12.1 Å². The minimum Gasteiger partial charge on any atom is -0.328 e. The van der Waals surface area contributed by atoms with E-state index in [1.165, 1.54) is 5.56 Å². The SMILES string of the molecule is CC(C)C(Cc1ccc(Cl)cc1)C(C)N. The maximum Gasteiger partial charge on any atom is 0.0406 e. The standard InChI is InChI=1S/C13H20ClN/c1-9(2)13(10(3)15)8-11-4-6-12(14)7-5-11/h4-7,9-10,13H,8,15H2,1-3H3. The van der Waals surface area contributed by atoms with Crippen LogP contribution in [0, 0.1) is 11.8 Å². The van der Waals surface area contributed by atoms with Crippen molar-refractivity contribution < 1.29 is 0 Å². The van der Waals surface area contributed by atoms with Gasteiger partial charge in [-0.3, -0.25) is 0 Å². The summed E-state index contributed by atoms with van der Waals surface area (Å²) in [5.41, 5.74) is 7.30. The highest BCUT2D eigenvalue weighted by Gasteiger charge is 2.17. The molecule has 0 saturated heterocycles. The summed E-state index contributed by atoms with van der Waals surface area (Å²) in [6.45, 7) is 6.54. The fourth-order valence-electron chi connectivity index (χ4n) is 1.92. The Balaban J connectivity index is 2.70. The molecule has 0 aromatic heterocycles. The fourth-order valence-corrected chi connectivity index (χ4v) is 2.05. The second-order valence-corrected chi connectivity index (χ2v) is 5.03. The first-order chi connectivity index (χ1) is 7.00. The minimum absolute atomic E-state index is 0.237. The highest BCUT2D eigenvalue weighted by atomic mass is 35.5. The summed E-state index contributed by atoms with van der Waals surface area (Å²) < 4.78 is 0. The predicted molar refractivity (Wildman–Crippen MR) is 67.1 cm³/mol. The molecule has 2 atom stereocenters. The molecule has 84 valence electrons. The molecule has 1 aromatic rings. The third-order valence-corrected chi connectivity index (χ3v) is 3.17. The van der Waals surface area contributed by atoms with E-state index in [-0.39, 0.29) is 6.04 Å². The summed E-state index contributed by atoms with van der Waals surface area (Å²) in [5.74, 6) is 1.15. The van der Waals surface area contributed by atoms with Crippen LogP contribution in [-0.2, 0) is 6.42 Å². The Hall–Kier alpha value is -0.530. The van der Waals surface area contributed by atoms with Crippen molar-refractivity contribution >= 4 is 11.6 Å². The largest absolute Gasteiger partial charge is 0.328 e. The van der Waals surface area contributed by atoms with E-state index in [2.05, 4.69) is 32.9 Å². The Labute approximate surface area is 97.6 Å². The topological polar surface area (TPSA) is 26.0 Å². The predicted octanol–water partition coefficient (Wildman–Crippen LogP) is 3.50. The van der Waals surface area contributed by atoms with Gasteiger partial charge in [-0.05, 0) is 42.9 Å². The molecule has 0 aliphatic rings. The van der Waals surface area contributed by atoms with Gasteiger partial charge in [0, 0.05) is 11.1 Å². The monoisotopic (exact) mass is 225 g/mol. The van der Waals surface area contributed by atoms with Crippen LogP contribution in [0.3, 0.4) is 0 Å². The van der Waals surface area contributed by atoms with Gasteiger partial charge in [0.1, 0.15) is 0 Å². The minimum atomic E-state index is 0.237. The van der Waals surface area contributed by atoms with Gasteiger partial charge in [0.15, 0.2) is 0 Å². The van der Waals surface area contributed by atoms with Crippen molar-refractivity contribution in [1.29, 1.82) is 0 Å². The molecule has 15 heavy (non-hydrogen) atoms. The Morgan fingerprint density at radius 2 is 1.67 bits per heavy atom. The lowest BCUT2D eigenvalue weighted by atomic mass is 9.84. The number of nitrogens with two attached hydrogens (primary N) is 1. The molecule has 0 bridgehead atoms. The number of halogens is 1. The average molecular weight is 226 g/mol. The van der Waals surface area contributed by atoms with Crippen LogP contribution in [0.25, 0.3) is 0 Å². The summed E-state index contributed by atoms with van der Waals surface area (Å²) >= 11 is 5.85. The van der Waals surface area contributed by atoms with Gasteiger partial charge in [0.05, 0.1) is 0 Å². The summed E-state index contributed by atoms with van der Waals surface area (Å²) in [6, 6.07) is 8.28. The van der Waals surface area contributed by atoms with Gasteiger partial charge in [-0.25, -0.2) is 0 Å². The molecular formula is C13H20ClN. The fraction of sp³-hybridized carbons (Fsp3) is 0.538. The van der Waals surface area contributed by atoms with Crippen LogP contribution in [0.5, 0.6) is 0 Å². The molecule has 2 N–H and O–H groups in total. The molecule has 0 aliphatic heterocycles. The Kier molecular flexibility index (Phi) is 4.62. The van der Waals surface area contributed by atoms with Crippen LogP contribution in [0.15, 0.2) is 24.3 Å². The van der Waals surface area contributed by atoms with Crippen molar-refractivity contribution in [2.75, 3.05) is 0 Å². The lowest BCUT2D eigenvalue weighted by molar-refractivity contribution is 0.330. The molecule has 0 saturated carbocycles. The van der Waals surface area contributed by atoms with Crippen molar-refractivity contribution in [2.45, 2.75) is 33.2 Å². The van der Waals surface area contributed by atoms with Crippen molar-refractivity contribution in [3.63, 3.8) is 0 Å². The second kappa shape index (κ2) is 5.53. The molecule has 0 heterocycles. The summed E-state index contributed by atoms with van der Waals surface area (Å²) in [6.07, 6.45) is 1.03. The number of rotatable bonds is 4. The van der Waals surface area contributed by atoms with Gasteiger partial charge in [-0.2, -0.15) is 0 Å². The molecule has 1 nitrogen and oxygen atoms in total. The molecule has 0 spiro atoms. The molecule has 0 radical (unpaired) electrons. The van der Waals surface area contributed by atoms with Crippen LogP contribution in [0.2, 0.25) is 5.02 Å². The first kappa shape index (κ1) is 12.5. The number of hydrogen-bond acceptors (Lipinski definition) is 1. The zero-order chi connectivity index (χ0) is 11.4. The third kappa shape index (κ3) is 3.84. The lowest BCUT2D eigenvalue weighted by Crippen LogP contribution is -2.32. The second-order valence-electron chi connectivity index (χ2n) is 4.60. The van der Waals surface area contributed by atoms with Gasteiger partial charge < -0.3 is 5.73 Å². The van der Waals surface area contributed by atoms with E-state index < -0.39 is 0 Å². The molecule has 0 amide bonds. The molecular weight excluding hydrogens is 206 g/mol. The molecule has 0 fully saturated rings. The third-order valence-electron chi connectivity index (χ3n) is 2.92. The summed E-state index contributed by atoms with van der Waals surface area (Å²) in [5, 5.41) is 0.792. The molecule has 1 rings (SSSR count). The van der Waals surface area contributed by atoms with E-state index in [0.717, 1.165) is 11.4 Å². The summed E-state index contributed by atoms with van der Waals surface area (Å²) in [4.78, 5) is 0. The van der Waals surface area contributed by atoms with Gasteiger partial charge in [-0.15, -0.1) is 0 Å². The van der Waals surface area contributed by atoms with E-state index in [4.69, 9.17) is 17.3 Å². The highest BCUT2D eigenvalue weighted by Crippen LogP contribution is 2.21. The zero-order valence-corrected chi connectivity index (χ0v) is 10.5. The molecule has 0 aliphatic carbocycles. The van der Waals surface area contributed by atoms with Crippen molar-refractivity contribution in [3.8, 4) is 0 Å². The quantitative estimate of drug-likeness (QED) is 0.834. The zero-order valence-electron chi connectivity index (χ0n) is 9.70. The smallest absolute Gasteiger partial charge is 0.0406 e. The van der Waals surface area contributed by atoms with E-state index in [1.54, 1.807) is 0 Å². The van der Waals surface area contributed by atoms with E-state index in [9.17, 15) is 0 Å². The number of benzene rings is 1. The van der Waals surface area contributed by atoms with Crippen LogP contribution in [-0.4, -0.2) is 6.04 Å². The van der Waals surface area contributed by atoms with Crippen LogP contribution in [0.1, 0.15) is 26.3 Å². The molecule has 2 unspecified atom stereocenters. The van der Waals surface area contributed by atoms with Crippen molar-refractivity contribution in [1.82, 2.24) is 0 Å². The van der Waals surface area contributed by atoms with Crippen LogP contribution >= 0.6 is 11.6 Å². The first-order valence-electron chi connectivity index (χ1n) is 5.50. The van der Waals surface area contributed by atoms with Gasteiger partial charge >= 0.3 is 0 Å². The van der Waals surface area contributed by atoms with Crippen molar-refractivity contribution in [3.05, 3.63) is 34.9 Å². The molecule has 2 heteroatoms. The molecule has 1 aromatic carbocycles. The number of hydrogen-bond donors (Lipinski definition) is 1. The average Bonchev–Trinajstić information content (AvgIpc) is 2.15. The normalized spacial score (nSPS) is 15.3. The first-order valence-corrected chi connectivity index (χ1v) is 5.88.